The van der Waals surface area contributed by atoms with E-state index in [0.29, 0.717) is 10.7 Å². The zero-order valence-corrected chi connectivity index (χ0v) is 8.90. The molecule has 3 nitrogen and oxygen atoms in total. The van der Waals surface area contributed by atoms with Gasteiger partial charge in [-0.05, 0) is 6.07 Å². The van der Waals surface area contributed by atoms with Crippen LogP contribution >= 0.6 is 11.6 Å². The smallest absolute Gasteiger partial charge is 0.168 e. The van der Waals surface area contributed by atoms with Crippen molar-refractivity contribution in [1.29, 1.82) is 0 Å². The summed E-state index contributed by atoms with van der Waals surface area (Å²) in [6.07, 6.45) is 2.43. The minimum atomic E-state index is 0.531. The van der Waals surface area contributed by atoms with Gasteiger partial charge in [0.2, 0.25) is 0 Å². The van der Waals surface area contributed by atoms with E-state index in [1.54, 1.807) is 19.3 Å². The van der Waals surface area contributed by atoms with E-state index in [1.807, 2.05) is 18.2 Å². The van der Waals surface area contributed by atoms with Crippen molar-refractivity contribution in [3.63, 3.8) is 0 Å². The van der Waals surface area contributed by atoms with Crippen molar-refractivity contribution in [2.45, 2.75) is 0 Å². The van der Waals surface area contributed by atoms with E-state index in [4.69, 9.17) is 11.6 Å². The minimum absolute atomic E-state index is 0.531. The summed E-state index contributed by atoms with van der Waals surface area (Å²) in [5.41, 5.74) is 2.12. The average molecular weight is 221 g/mol. The van der Waals surface area contributed by atoms with Crippen molar-refractivity contribution >= 4 is 17.9 Å². The van der Waals surface area contributed by atoms with Gasteiger partial charge in [-0.25, -0.2) is 0 Å². The van der Waals surface area contributed by atoms with Crippen molar-refractivity contribution in [3.05, 3.63) is 41.2 Å². The van der Waals surface area contributed by atoms with Crippen LogP contribution in [0.1, 0.15) is 10.5 Å². The van der Waals surface area contributed by atoms with Gasteiger partial charge in [-0.3, -0.25) is 9.48 Å². The van der Waals surface area contributed by atoms with Gasteiger partial charge in [0.1, 0.15) is 5.69 Å². The molecule has 1 aromatic carbocycles. The SMILES string of the molecule is Cn1ncc(-c2ccccc2Cl)c1C=O. The average Bonchev–Trinajstić information content (AvgIpc) is 2.60. The Labute approximate surface area is 92.3 Å². The number of aromatic nitrogens is 2. The number of nitrogens with zero attached hydrogens (tertiary/aromatic N) is 2. The lowest BCUT2D eigenvalue weighted by atomic mass is 10.1. The van der Waals surface area contributed by atoms with Gasteiger partial charge < -0.3 is 0 Å². The Bertz CT molecular complexity index is 505. The summed E-state index contributed by atoms with van der Waals surface area (Å²) in [5, 5.41) is 4.65. The molecule has 1 heterocycles. The van der Waals surface area contributed by atoms with Gasteiger partial charge in [0.15, 0.2) is 6.29 Å². The molecule has 76 valence electrons. The van der Waals surface area contributed by atoms with Crippen LogP contribution in [0.25, 0.3) is 11.1 Å². The largest absolute Gasteiger partial charge is 0.296 e. The molecule has 0 N–H and O–H groups in total. The maximum absolute atomic E-state index is 10.9. The van der Waals surface area contributed by atoms with Crippen LogP contribution in [0.3, 0.4) is 0 Å². The monoisotopic (exact) mass is 220 g/mol. The second-order valence-electron chi connectivity index (χ2n) is 3.16. The summed E-state index contributed by atoms with van der Waals surface area (Å²) >= 11 is 6.04. The van der Waals surface area contributed by atoms with E-state index >= 15 is 0 Å². The highest BCUT2D eigenvalue weighted by molar-refractivity contribution is 6.33. The summed E-state index contributed by atoms with van der Waals surface area (Å²) in [5.74, 6) is 0. The normalized spacial score (nSPS) is 10.3. The maximum Gasteiger partial charge on any atom is 0.168 e. The first kappa shape index (κ1) is 9.93. The molecule has 0 radical (unpaired) electrons. The van der Waals surface area contributed by atoms with Crippen LogP contribution in [0.15, 0.2) is 30.5 Å². The van der Waals surface area contributed by atoms with Gasteiger partial charge in [-0.1, -0.05) is 29.8 Å². The third kappa shape index (κ3) is 1.66. The molecule has 15 heavy (non-hydrogen) atoms. The molecule has 0 aliphatic carbocycles. The zero-order chi connectivity index (χ0) is 10.8. The molecule has 0 aliphatic rings. The summed E-state index contributed by atoms with van der Waals surface area (Å²) in [4.78, 5) is 10.9. The van der Waals surface area contributed by atoms with Crippen molar-refractivity contribution in [3.8, 4) is 11.1 Å². The fourth-order valence-corrected chi connectivity index (χ4v) is 1.71. The van der Waals surface area contributed by atoms with Crippen molar-refractivity contribution in [2.75, 3.05) is 0 Å². The molecule has 0 unspecified atom stereocenters. The van der Waals surface area contributed by atoms with Gasteiger partial charge in [0.25, 0.3) is 0 Å². The van der Waals surface area contributed by atoms with Crippen molar-refractivity contribution in [2.24, 2.45) is 7.05 Å². The second-order valence-corrected chi connectivity index (χ2v) is 3.57. The Hall–Kier alpha value is -1.61. The molecule has 0 bridgehead atoms. The summed E-state index contributed by atoms with van der Waals surface area (Å²) in [7, 11) is 1.73. The predicted octanol–water partition coefficient (Wildman–Crippen LogP) is 2.55. The van der Waals surface area contributed by atoms with E-state index in [0.717, 1.165) is 17.4 Å². The van der Waals surface area contributed by atoms with E-state index in [-0.39, 0.29) is 0 Å². The Morgan fingerprint density at radius 3 is 2.73 bits per heavy atom. The van der Waals surface area contributed by atoms with Crippen LogP contribution in [0.5, 0.6) is 0 Å². The Morgan fingerprint density at radius 2 is 2.07 bits per heavy atom. The van der Waals surface area contributed by atoms with Crippen LogP contribution in [0.2, 0.25) is 5.02 Å². The number of aldehydes is 1. The number of carbonyl (C=O) groups is 1. The number of benzene rings is 1. The molecule has 0 spiro atoms. The van der Waals surface area contributed by atoms with Crippen LogP contribution < -0.4 is 0 Å². The zero-order valence-electron chi connectivity index (χ0n) is 8.14. The van der Waals surface area contributed by atoms with E-state index in [1.165, 1.54) is 4.68 Å². The molecular formula is C11H9ClN2O. The lowest BCUT2D eigenvalue weighted by Gasteiger charge is -2.01. The first-order valence-corrected chi connectivity index (χ1v) is 4.84. The Balaban J connectivity index is 2.64. The summed E-state index contributed by atoms with van der Waals surface area (Å²) < 4.78 is 1.53. The van der Waals surface area contributed by atoms with Crippen LogP contribution in [-0.2, 0) is 7.05 Å². The highest BCUT2D eigenvalue weighted by Crippen LogP contribution is 2.28. The van der Waals surface area contributed by atoms with Crippen molar-refractivity contribution in [1.82, 2.24) is 9.78 Å². The molecule has 2 rings (SSSR count). The molecule has 0 saturated carbocycles. The van der Waals surface area contributed by atoms with Crippen LogP contribution in [0.4, 0.5) is 0 Å². The van der Waals surface area contributed by atoms with E-state index < -0.39 is 0 Å². The lowest BCUT2D eigenvalue weighted by Crippen LogP contribution is -1.97. The Kier molecular flexibility index (Phi) is 2.56. The van der Waals surface area contributed by atoms with Gasteiger partial charge in [-0.15, -0.1) is 0 Å². The number of hydrogen-bond acceptors (Lipinski definition) is 2. The molecule has 0 amide bonds. The van der Waals surface area contributed by atoms with Gasteiger partial charge >= 0.3 is 0 Å². The third-order valence-corrected chi connectivity index (χ3v) is 2.59. The highest BCUT2D eigenvalue weighted by atomic mass is 35.5. The minimum Gasteiger partial charge on any atom is -0.296 e. The topological polar surface area (TPSA) is 34.9 Å². The number of carbonyl (C=O) groups excluding carboxylic acids is 1. The van der Waals surface area contributed by atoms with Gasteiger partial charge in [0, 0.05) is 23.2 Å². The molecule has 0 atom stereocenters. The first-order chi connectivity index (χ1) is 7.24. The fraction of sp³-hybridized carbons (Fsp3) is 0.0909. The molecule has 2 aromatic rings. The number of aryl methyl sites for hydroxylation is 1. The van der Waals surface area contributed by atoms with Crippen LogP contribution in [0, 0.1) is 0 Å². The number of hydrogen-bond donors (Lipinski definition) is 0. The van der Waals surface area contributed by atoms with E-state index in [2.05, 4.69) is 5.10 Å². The molecular weight excluding hydrogens is 212 g/mol. The van der Waals surface area contributed by atoms with Gasteiger partial charge in [0.05, 0.1) is 6.20 Å². The van der Waals surface area contributed by atoms with Crippen molar-refractivity contribution < 1.29 is 4.79 Å². The molecule has 0 saturated heterocycles. The lowest BCUT2D eigenvalue weighted by molar-refractivity contribution is 0.111. The van der Waals surface area contributed by atoms with Crippen LogP contribution in [-0.4, -0.2) is 16.1 Å². The fourth-order valence-electron chi connectivity index (χ4n) is 1.47. The molecule has 1 aromatic heterocycles. The summed E-state index contributed by atoms with van der Waals surface area (Å²) in [6.45, 7) is 0. The Morgan fingerprint density at radius 1 is 1.33 bits per heavy atom. The standard InChI is InChI=1S/C11H9ClN2O/c1-14-11(7-15)9(6-13-14)8-4-2-3-5-10(8)12/h2-7H,1H3. The quantitative estimate of drug-likeness (QED) is 0.729. The van der Waals surface area contributed by atoms with Gasteiger partial charge in [-0.2, -0.15) is 5.10 Å². The second kappa shape index (κ2) is 3.87. The molecule has 4 heteroatoms. The maximum atomic E-state index is 10.9. The number of rotatable bonds is 2. The first-order valence-electron chi connectivity index (χ1n) is 4.46. The number of halogens is 1. The highest BCUT2D eigenvalue weighted by Gasteiger charge is 2.11. The third-order valence-electron chi connectivity index (χ3n) is 2.26. The predicted molar refractivity (Wildman–Crippen MR) is 59.0 cm³/mol. The summed E-state index contributed by atoms with van der Waals surface area (Å²) in [6, 6.07) is 7.39. The molecule has 0 fully saturated rings. The molecule has 0 aliphatic heterocycles. The van der Waals surface area contributed by atoms with E-state index in [9.17, 15) is 4.79 Å².